The Morgan fingerprint density at radius 2 is 2.12 bits per heavy atom. The monoisotopic (exact) mass is 358 g/mol. The van der Waals surface area contributed by atoms with Gasteiger partial charge in [-0.1, -0.05) is 0 Å². The van der Waals surface area contributed by atoms with Crippen LogP contribution in [0.1, 0.15) is 22.6 Å². The summed E-state index contributed by atoms with van der Waals surface area (Å²) < 4.78 is 11.5. The molecule has 2 atom stereocenters. The minimum absolute atomic E-state index is 0.0381. The summed E-state index contributed by atoms with van der Waals surface area (Å²) in [6.45, 7) is 6.20. The van der Waals surface area contributed by atoms with Gasteiger partial charge in [0.05, 0.1) is 25.4 Å². The van der Waals surface area contributed by atoms with E-state index >= 15 is 0 Å². The van der Waals surface area contributed by atoms with Crippen LogP contribution in [0.2, 0.25) is 0 Å². The first-order valence-corrected chi connectivity index (χ1v) is 9.78. The lowest BCUT2D eigenvalue weighted by atomic mass is 9.97. The average molecular weight is 359 g/mol. The van der Waals surface area contributed by atoms with Crippen LogP contribution in [0.5, 0.6) is 5.75 Å². The maximum absolute atomic E-state index is 6.28. The van der Waals surface area contributed by atoms with E-state index < -0.39 is 0 Å². The molecule has 0 aliphatic carbocycles. The Balaban J connectivity index is 1.32. The quantitative estimate of drug-likeness (QED) is 0.879. The highest BCUT2D eigenvalue weighted by Crippen LogP contribution is 2.37. The van der Waals surface area contributed by atoms with Crippen molar-refractivity contribution in [1.82, 2.24) is 4.90 Å². The molecule has 1 aromatic heterocycles. The lowest BCUT2D eigenvalue weighted by Gasteiger charge is -2.23. The molecule has 2 saturated heterocycles. The molecule has 0 saturated carbocycles. The molecule has 1 N–H and O–H groups in total. The summed E-state index contributed by atoms with van der Waals surface area (Å²) in [5.74, 6) is 0.889. The van der Waals surface area contributed by atoms with E-state index in [-0.39, 0.29) is 5.60 Å². The van der Waals surface area contributed by atoms with Gasteiger partial charge in [0.15, 0.2) is 0 Å². The predicted molar refractivity (Wildman–Crippen MR) is 103 cm³/mol. The van der Waals surface area contributed by atoms with Gasteiger partial charge in [-0.15, -0.1) is 11.3 Å². The Morgan fingerprint density at radius 3 is 2.84 bits per heavy atom. The van der Waals surface area contributed by atoms with Crippen molar-refractivity contribution in [3.05, 3.63) is 46.2 Å². The molecule has 1 spiro atoms. The van der Waals surface area contributed by atoms with Gasteiger partial charge in [0, 0.05) is 41.5 Å². The molecule has 134 valence electrons. The topological polar surface area (TPSA) is 33.7 Å². The van der Waals surface area contributed by atoms with Crippen molar-refractivity contribution in [3.63, 3.8) is 0 Å². The fourth-order valence-electron chi connectivity index (χ4n) is 4.00. The highest BCUT2D eigenvalue weighted by Gasteiger charge is 2.45. The van der Waals surface area contributed by atoms with Gasteiger partial charge in [-0.05, 0) is 49.7 Å². The number of benzene rings is 1. The lowest BCUT2D eigenvalue weighted by molar-refractivity contribution is 0.0120. The molecule has 25 heavy (non-hydrogen) atoms. The molecule has 1 aromatic carbocycles. The number of nitrogens with zero attached hydrogens (tertiary/aromatic N) is 1. The first kappa shape index (κ1) is 16.9. The number of hydrogen-bond donors (Lipinski definition) is 1. The van der Waals surface area contributed by atoms with Crippen LogP contribution in [0.15, 0.2) is 36.4 Å². The standard InChI is InChI=1S/C20H26N2O2S/c1-15-3-8-19(25-15)12-22-10-9-20(14-22)11-17(13-24-20)21-16-4-6-18(23-2)7-5-16/h3-8,17,21H,9-14H2,1-2H3/t17-,20-/m1/s1. The number of ether oxygens (including phenoxy) is 2. The summed E-state index contributed by atoms with van der Waals surface area (Å²) >= 11 is 1.91. The van der Waals surface area contributed by atoms with Crippen molar-refractivity contribution in [2.24, 2.45) is 0 Å². The first-order chi connectivity index (χ1) is 12.1. The average Bonchev–Trinajstić information content (AvgIpc) is 3.31. The highest BCUT2D eigenvalue weighted by atomic mass is 32.1. The molecule has 4 rings (SSSR count). The van der Waals surface area contributed by atoms with Gasteiger partial charge in [0.25, 0.3) is 0 Å². The van der Waals surface area contributed by atoms with Gasteiger partial charge in [-0.3, -0.25) is 4.90 Å². The number of rotatable bonds is 5. The van der Waals surface area contributed by atoms with Crippen LogP contribution >= 0.6 is 11.3 Å². The van der Waals surface area contributed by atoms with E-state index in [0.717, 1.165) is 50.5 Å². The van der Waals surface area contributed by atoms with Gasteiger partial charge < -0.3 is 14.8 Å². The molecule has 3 heterocycles. The van der Waals surface area contributed by atoms with E-state index in [4.69, 9.17) is 9.47 Å². The number of hydrogen-bond acceptors (Lipinski definition) is 5. The van der Waals surface area contributed by atoms with E-state index in [9.17, 15) is 0 Å². The Labute approximate surface area is 153 Å². The van der Waals surface area contributed by atoms with Crippen LogP contribution in [0.3, 0.4) is 0 Å². The second-order valence-corrected chi connectivity index (χ2v) is 8.61. The summed E-state index contributed by atoms with van der Waals surface area (Å²) in [4.78, 5) is 5.39. The van der Waals surface area contributed by atoms with Crippen LogP contribution in [0, 0.1) is 6.92 Å². The highest BCUT2D eigenvalue weighted by molar-refractivity contribution is 7.11. The maximum atomic E-state index is 6.28. The zero-order chi connectivity index (χ0) is 17.3. The third-order valence-electron chi connectivity index (χ3n) is 5.24. The number of aryl methyl sites for hydroxylation is 1. The molecule has 0 amide bonds. The predicted octanol–water partition coefficient (Wildman–Crippen LogP) is 3.91. The molecule has 2 fully saturated rings. The van der Waals surface area contributed by atoms with Crippen molar-refractivity contribution < 1.29 is 9.47 Å². The molecular weight excluding hydrogens is 332 g/mol. The van der Waals surface area contributed by atoms with Crippen molar-refractivity contribution >= 4 is 17.0 Å². The Kier molecular flexibility index (Phi) is 4.71. The molecule has 0 radical (unpaired) electrons. The zero-order valence-electron chi connectivity index (χ0n) is 15.0. The summed E-state index contributed by atoms with van der Waals surface area (Å²) in [5, 5.41) is 3.61. The molecular formula is C20H26N2O2S. The zero-order valence-corrected chi connectivity index (χ0v) is 15.8. The molecule has 2 aromatic rings. The second-order valence-electron chi connectivity index (χ2n) is 7.24. The van der Waals surface area contributed by atoms with Crippen LogP contribution < -0.4 is 10.1 Å². The van der Waals surface area contributed by atoms with Crippen molar-refractivity contribution in [1.29, 1.82) is 0 Å². The maximum Gasteiger partial charge on any atom is 0.119 e. The number of likely N-dealkylation sites (tertiary alicyclic amines) is 1. The van der Waals surface area contributed by atoms with E-state index in [2.05, 4.69) is 41.4 Å². The molecule has 5 heteroatoms. The number of nitrogens with one attached hydrogen (secondary N) is 1. The van der Waals surface area contributed by atoms with Gasteiger partial charge in [-0.25, -0.2) is 0 Å². The molecule has 0 unspecified atom stereocenters. The third-order valence-corrected chi connectivity index (χ3v) is 6.23. The second kappa shape index (κ2) is 6.98. The molecule has 2 aliphatic rings. The van der Waals surface area contributed by atoms with E-state index in [1.165, 1.54) is 9.75 Å². The van der Waals surface area contributed by atoms with Crippen molar-refractivity contribution in [3.8, 4) is 5.75 Å². The van der Waals surface area contributed by atoms with Crippen LogP contribution in [-0.4, -0.2) is 43.3 Å². The first-order valence-electron chi connectivity index (χ1n) is 8.96. The van der Waals surface area contributed by atoms with Crippen molar-refractivity contribution in [2.75, 3.05) is 32.1 Å². The summed E-state index contributed by atoms with van der Waals surface area (Å²) in [6.07, 6.45) is 2.22. The third kappa shape index (κ3) is 3.84. The molecule has 0 bridgehead atoms. The Bertz CT molecular complexity index is 715. The van der Waals surface area contributed by atoms with E-state index in [1.54, 1.807) is 7.11 Å². The fraction of sp³-hybridized carbons (Fsp3) is 0.500. The fourth-order valence-corrected chi connectivity index (χ4v) is 4.93. The summed E-state index contributed by atoms with van der Waals surface area (Å²) in [6, 6.07) is 13.0. The number of anilines is 1. The van der Waals surface area contributed by atoms with Gasteiger partial charge >= 0.3 is 0 Å². The number of methoxy groups -OCH3 is 1. The largest absolute Gasteiger partial charge is 0.497 e. The minimum Gasteiger partial charge on any atom is -0.497 e. The smallest absolute Gasteiger partial charge is 0.119 e. The normalized spacial score (nSPS) is 26.4. The van der Waals surface area contributed by atoms with Crippen LogP contribution in [0.25, 0.3) is 0 Å². The van der Waals surface area contributed by atoms with Gasteiger partial charge in [0.2, 0.25) is 0 Å². The van der Waals surface area contributed by atoms with Crippen LogP contribution in [-0.2, 0) is 11.3 Å². The molecule has 2 aliphatic heterocycles. The summed E-state index contributed by atoms with van der Waals surface area (Å²) in [7, 11) is 1.69. The van der Waals surface area contributed by atoms with Gasteiger partial charge in [-0.2, -0.15) is 0 Å². The Morgan fingerprint density at radius 1 is 1.28 bits per heavy atom. The Hall–Kier alpha value is -1.56. The lowest BCUT2D eigenvalue weighted by Crippen LogP contribution is -2.33. The number of thiophene rings is 1. The molecule has 4 nitrogen and oxygen atoms in total. The van der Waals surface area contributed by atoms with Gasteiger partial charge in [0.1, 0.15) is 5.75 Å². The van der Waals surface area contributed by atoms with Crippen molar-refractivity contribution in [2.45, 2.75) is 38.0 Å². The minimum atomic E-state index is 0.0381. The van der Waals surface area contributed by atoms with E-state index in [1.807, 2.05) is 23.5 Å². The van der Waals surface area contributed by atoms with E-state index in [0.29, 0.717) is 6.04 Å². The summed E-state index contributed by atoms with van der Waals surface area (Å²) in [5.41, 5.74) is 1.17. The SMILES string of the molecule is COc1ccc(N[C@H]2CO[C@]3(CCN(Cc4ccc(C)s4)C3)C2)cc1. The van der Waals surface area contributed by atoms with Crippen LogP contribution in [0.4, 0.5) is 5.69 Å².